The summed E-state index contributed by atoms with van der Waals surface area (Å²) in [5, 5.41) is 8.19. The second-order valence-electron chi connectivity index (χ2n) is 6.38. The molecule has 6 nitrogen and oxygen atoms in total. The molecule has 2 saturated heterocycles. The predicted octanol–water partition coefficient (Wildman–Crippen LogP) is 0.696. The van der Waals surface area contributed by atoms with Crippen molar-refractivity contribution in [2.75, 3.05) is 26.2 Å². The largest absolute Gasteiger partial charge is 0.354 e. The van der Waals surface area contributed by atoms with E-state index in [-0.39, 0.29) is 11.9 Å². The van der Waals surface area contributed by atoms with E-state index in [1.54, 1.807) is 0 Å². The van der Waals surface area contributed by atoms with E-state index in [1.165, 1.54) is 5.56 Å². The van der Waals surface area contributed by atoms with E-state index in [9.17, 15) is 9.59 Å². The molecular weight excluding hydrogens is 292 g/mol. The number of benzene rings is 1. The molecule has 0 saturated carbocycles. The van der Waals surface area contributed by atoms with Crippen LogP contribution in [-0.4, -0.2) is 49.1 Å². The Labute approximate surface area is 136 Å². The first-order valence-electron chi connectivity index (χ1n) is 8.29. The van der Waals surface area contributed by atoms with Crippen LogP contribution in [0.25, 0.3) is 0 Å². The number of nitrogens with one attached hydrogen (secondary N) is 3. The second kappa shape index (κ2) is 7.46. The van der Waals surface area contributed by atoms with Gasteiger partial charge in [-0.1, -0.05) is 30.3 Å². The lowest BCUT2D eigenvalue weighted by molar-refractivity contribution is -0.122. The van der Waals surface area contributed by atoms with Crippen LogP contribution in [0.1, 0.15) is 18.4 Å². The van der Waals surface area contributed by atoms with Gasteiger partial charge in [-0.2, -0.15) is 0 Å². The van der Waals surface area contributed by atoms with Gasteiger partial charge in [0, 0.05) is 26.2 Å². The van der Waals surface area contributed by atoms with Crippen LogP contribution < -0.4 is 16.0 Å². The molecule has 3 amide bonds. The maximum absolute atomic E-state index is 12.0. The molecule has 124 valence electrons. The topological polar surface area (TPSA) is 73.5 Å². The number of likely N-dealkylation sites (tertiary alicyclic amines) is 1. The number of nitrogens with zero attached hydrogens (tertiary/aromatic N) is 1. The number of urea groups is 1. The van der Waals surface area contributed by atoms with Gasteiger partial charge in [-0.3, -0.25) is 9.69 Å². The Morgan fingerprint density at radius 1 is 1.30 bits per heavy atom. The number of amides is 3. The average molecular weight is 316 g/mol. The molecule has 0 aromatic heterocycles. The van der Waals surface area contributed by atoms with Gasteiger partial charge in [0.05, 0.1) is 0 Å². The molecule has 2 fully saturated rings. The van der Waals surface area contributed by atoms with Crippen molar-refractivity contribution >= 4 is 11.9 Å². The maximum Gasteiger partial charge on any atom is 0.315 e. The molecule has 0 unspecified atom stereocenters. The van der Waals surface area contributed by atoms with Gasteiger partial charge in [0.1, 0.15) is 6.04 Å². The van der Waals surface area contributed by atoms with Crippen molar-refractivity contribution in [2.24, 2.45) is 5.92 Å². The first-order chi connectivity index (χ1) is 11.2. The molecule has 0 radical (unpaired) electrons. The molecule has 2 heterocycles. The predicted molar refractivity (Wildman–Crippen MR) is 87.8 cm³/mol. The molecule has 1 aromatic rings. The van der Waals surface area contributed by atoms with Crippen LogP contribution in [0.4, 0.5) is 4.79 Å². The third-order valence-electron chi connectivity index (χ3n) is 4.51. The van der Waals surface area contributed by atoms with Gasteiger partial charge in [-0.05, 0) is 30.9 Å². The Morgan fingerprint density at radius 2 is 2.13 bits per heavy atom. The van der Waals surface area contributed by atoms with Crippen LogP contribution in [0, 0.1) is 5.92 Å². The summed E-state index contributed by atoms with van der Waals surface area (Å²) < 4.78 is 0. The molecular formula is C17H24N4O2. The van der Waals surface area contributed by atoms with Crippen molar-refractivity contribution in [2.45, 2.75) is 25.4 Å². The summed E-state index contributed by atoms with van der Waals surface area (Å²) in [4.78, 5) is 25.6. The van der Waals surface area contributed by atoms with Gasteiger partial charge < -0.3 is 16.0 Å². The van der Waals surface area contributed by atoms with Gasteiger partial charge in [-0.25, -0.2) is 4.79 Å². The van der Waals surface area contributed by atoms with E-state index in [0.29, 0.717) is 19.0 Å². The highest BCUT2D eigenvalue weighted by molar-refractivity contribution is 5.90. The zero-order valence-corrected chi connectivity index (χ0v) is 13.3. The van der Waals surface area contributed by atoms with Crippen molar-refractivity contribution in [1.82, 2.24) is 20.9 Å². The zero-order chi connectivity index (χ0) is 16.1. The van der Waals surface area contributed by atoms with Gasteiger partial charge >= 0.3 is 6.03 Å². The Kier molecular flexibility index (Phi) is 5.12. The van der Waals surface area contributed by atoms with Crippen LogP contribution in [0.2, 0.25) is 0 Å². The van der Waals surface area contributed by atoms with Crippen LogP contribution >= 0.6 is 0 Å². The molecule has 2 aliphatic rings. The summed E-state index contributed by atoms with van der Waals surface area (Å²) in [5.74, 6) is 0.380. The van der Waals surface area contributed by atoms with Crippen molar-refractivity contribution < 1.29 is 9.59 Å². The summed E-state index contributed by atoms with van der Waals surface area (Å²) in [6.07, 6.45) is 2.30. The summed E-state index contributed by atoms with van der Waals surface area (Å²) in [7, 11) is 0. The first kappa shape index (κ1) is 15.8. The van der Waals surface area contributed by atoms with E-state index in [2.05, 4.69) is 45.1 Å². The smallest absolute Gasteiger partial charge is 0.315 e. The minimum absolute atomic E-state index is 0.0940. The fourth-order valence-electron chi connectivity index (χ4n) is 3.28. The number of hydrogen-bond acceptors (Lipinski definition) is 3. The van der Waals surface area contributed by atoms with Crippen LogP contribution in [0.15, 0.2) is 30.3 Å². The average Bonchev–Trinajstić information content (AvgIpc) is 3.01. The molecule has 6 heteroatoms. The molecule has 0 aliphatic carbocycles. The summed E-state index contributed by atoms with van der Waals surface area (Å²) >= 11 is 0. The standard InChI is InChI=1S/C17H24N4O2/c22-16(15-10-19-17(23)20-15)18-9-14-7-4-8-21(12-14)11-13-5-2-1-3-6-13/h1-3,5-6,14-15H,4,7-12H2,(H,18,22)(H2,19,20,23)/t14-,15-/m1/s1. The normalized spacial score (nSPS) is 24.8. The third-order valence-corrected chi connectivity index (χ3v) is 4.51. The highest BCUT2D eigenvalue weighted by Gasteiger charge is 2.27. The Balaban J connectivity index is 1.43. The minimum Gasteiger partial charge on any atom is -0.354 e. The second-order valence-corrected chi connectivity index (χ2v) is 6.38. The fraction of sp³-hybridized carbons (Fsp3) is 0.529. The molecule has 0 spiro atoms. The highest BCUT2D eigenvalue weighted by atomic mass is 16.2. The number of piperidine rings is 1. The quantitative estimate of drug-likeness (QED) is 0.748. The SMILES string of the molecule is O=C1NC[C@H](C(=O)NC[C@H]2CCCN(Cc3ccccc3)C2)N1. The van der Waals surface area contributed by atoms with Gasteiger partial charge in [0.2, 0.25) is 5.91 Å². The van der Waals surface area contributed by atoms with Gasteiger partial charge in [-0.15, -0.1) is 0 Å². The number of rotatable bonds is 5. The number of carbonyl (C=O) groups excluding carboxylic acids is 2. The van der Waals surface area contributed by atoms with Crippen molar-refractivity contribution in [3.05, 3.63) is 35.9 Å². The highest BCUT2D eigenvalue weighted by Crippen LogP contribution is 2.18. The van der Waals surface area contributed by atoms with Crippen molar-refractivity contribution in [1.29, 1.82) is 0 Å². The zero-order valence-electron chi connectivity index (χ0n) is 13.3. The van der Waals surface area contributed by atoms with Crippen LogP contribution in [-0.2, 0) is 11.3 Å². The van der Waals surface area contributed by atoms with Crippen LogP contribution in [0.3, 0.4) is 0 Å². The number of carbonyl (C=O) groups is 2. The summed E-state index contributed by atoms with van der Waals surface area (Å²) in [5.41, 5.74) is 1.33. The van der Waals surface area contributed by atoms with E-state index >= 15 is 0 Å². The molecule has 0 bridgehead atoms. The van der Waals surface area contributed by atoms with Crippen molar-refractivity contribution in [3.8, 4) is 0 Å². The Morgan fingerprint density at radius 3 is 2.87 bits per heavy atom. The van der Waals surface area contributed by atoms with E-state index < -0.39 is 6.04 Å². The lowest BCUT2D eigenvalue weighted by Gasteiger charge is -2.33. The van der Waals surface area contributed by atoms with E-state index in [1.807, 2.05) is 6.07 Å². The molecule has 3 rings (SSSR count). The lowest BCUT2D eigenvalue weighted by atomic mass is 9.97. The van der Waals surface area contributed by atoms with Crippen molar-refractivity contribution in [3.63, 3.8) is 0 Å². The monoisotopic (exact) mass is 316 g/mol. The first-order valence-corrected chi connectivity index (χ1v) is 8.29. The molecule has 2 aliphatic heterocycles. The molecule has 23 heavy (non-hydrogen) atoms. The van der Waals surface area contributed by atoms with E-state index in [4.69, 9.17) is 0 Å². The molecule has 1 aromatic carbocycles. The lowest BCUT2D eigenvalue weighted by Crippen LogP contribution is -2.46. The Hall–Kier alpha value is -2.08. The van der Waals surface area contributed by atoms with Crippen LogP contribution in [0.5, 0.6) is 0 Å². The third kappa shape index (κ3) is 4.45. The van der Waals surface area contributed by atoms with E-state index in [0.717, 1.165) is 32.5 Å². The van der Waals surface area contributed by atoms with Gasteiger partial charge in [0.25, 0.3) is 0 Å². The number of hydrogen-bond donors (Lipinski definition) is 3. The minimum atomic E-state index is -0.438. The molecule has 3 N–H and O–H groups in total. The molecule has 2 atom stereocenters. The van der Waals surface area contributed by atoms with Gasteiger partial charge in [0.15, 0.2) is 0 Å². The summed E-state index contributed by atoms with van der Waals surface area (Å²) in [6, 6.07) is 9.78. The maximum atomic E-state index is 12.0. The summed E-state index contributed by atoms with van der Waals surface area (Å²) in [6.45, 7) is 4.13. The Bertz CT molecular complexity index is 549. The fourth-order valence-corrected chi connectivity index (χ4v) is 3.28.